The van der Waals surface area contributed by atoms with E-state index in [4.69, 9.17) is 10.5 Å². The first-order valence-electron chi connectivity index (χ1n) is 7.15. The lowest BCUT2D eigenvalue weighted by atomic mass is 10.1. The average Bonchev–Trinajstić information content (AvgIpc) is 2.47. The molecule has 2 atom stereocenters. The molecule has 0 aliphatic carbocycles. The average molecular weight is 301 g/mol. The Labute approximate surface area is 131 Å². The van der Waals surface area contributed by atoms with Crippen molar-refractivity contribution in [3.05, 3.63) is 59.2 Å². The van der Waals surface area contributed by atoms with E-state index in [1.54, 1.807) is 7.11 Å². The van der Waals surface area contributed by atoms with E-state index >= 15 is 0 Å². The van der Waals surface area contributed by atoms with Crippen molar-refractivity contribution in [2.45, 2.75) is 37.0 Å². The summed E-state index contributed by atoms with van der Waals surface area (Å²) in [5.41, 5.74) is 9.96. The normalized spacial score (nSPS) is 13.8. The molecule has 0 heterocycles. The van der Waals surface area contributed by atoms with Gasteiger partial charge in [0.1, 0.15) is 5.75 Å². The fourth-order valence-corrected chi connectivity index (χ4v) is 3.64. The van der Waals surface area contributed by atoms with Crippen LogP contribution in [0, 0.1) is 13.8 Å². The first-order valence-corrected chi connectivity index (χ1v) is 8.03. The van der Waals surface area contributed by atoms with Crippen molar-refractivity contribution in [1.82, 2.24) is 0 Å². The van der Waals surface area contributed by atoms with E-state index in [0.29, 0.717) is 0 Å². The van der Waals surface area contributed by atoms with Gasteiger partial charge in [0, 0.05) is 16.5 Å². The molecule has 0 aliphatic rings. The first-order chi connectivity index (χ1) is 10.0. The second-order valence-corrected chi connectivity index (χ2v) is 6.59. The molecule has 0 spiro atoms. The molecule has 0 aromatic heterocycles. The number of aryl methyl sites for hydroxylation is 2. The summed E-state index contributed by atoms with van der Waals surface area (Å²) in [4.78, 5) is 1.28. The third kappa shape index (κ3) is 3.80. The highest BCUT2D eigenvalue weighted by Crippen LogP contribution is 2.42. The fourth-order valence-electron chi connectivity index (χ4n) is 2.33. The van der Waals surface area contributed by atoms with E-state index in [0.717, 1.165) is 11.3 Å². The van der Waals surface area contributed by atoms with Crippen LogP contribution in [-0.2, 0) is 0 Å². The van der Waals surface area contributed by atoms with Crippen LogP contribution in [-0.4, -0.2) is 13.2 Å². The molecule has 2 aromatic carbocycles. The first kappa shape index (κ1) is 15.9. The summed E-state index contributed by atoms with van der Waals surface area (Å²) in [6.45, 7) is 6.31. The molecular formula is C18H23NOS. The predicted octanol–water partition coefficient (Wildman–Crippen LogP) is 4.49. The molecule has 0 bridgehead atoms. The van der Waals surface area contributed by atoms with Crippen LogP contribution in [0.4, 0.5) is 0 Å². The summed E-state index contributed by atoms with van der Waals surface area (Å²) in [6, 6.07) is 14.7. The molecule has 3 heteroatoms. The van der Waals surface area contributed by atoms with Crippen molar-refractivity contribution < 1.29 is 4.74 Å². The van der Waals surface area contributed by atoms with Gasteiger partial charge in [-0.05, 0) is 38.5 Å². The molecular weight excluding hydrogens is 278 g/mol. The minimum absolute atomic E-state index is 0.0335. The van der Waals surface area contributed by atoms with Crippen molar-refractivity contribution in [2.75, 3.05) is 7.11 Å². The van der Waals surface area contributed by atoms with Crippen molar-refractivity contribution >= 4 is 11.8 Å². The van der Waals surface area contributed by atoms with Gasteiger partial charge in [-0.3, -0.25) is 0 Å². The second-order valence-electron chi connectivity index (χ2n) is 5.41. The molecule has 112 valence electrons. The maximum absolute atomic E-state index is 6.25. The predicted molar refractivity (Wildman–Crippen MR) is 91.2 cm³/mol. The summed E-state index contributed by atoms with van der Waals surface area (Å²) in [7, 11) is 1.71. The van der Waals surface area contributed by atoms with Crippen LogP contribution in [0.2, 0.25) is 0 Å². The Balaban J connectivity index is 2.38. The smallest absolute Gasteiger partial charge is 0.123 e. The molecule has 0 radical (unpaired) electrons. The number of hydrogen-bond donors (Lipinski definition) is 1. The molecule has 2 aromatic rings. The molecule has 0 aliphatic heterocycles. The third-order valence-electron chi connectivity index (χ3n) is 3.52. The summed E-state index contributed by atoms with van der Waals surface area (Å²) >= 11 is 1.82. The lowest BCUT2D eigenvalue weighted by Gasteiger charge is -2.23. The Kier molecular flexibility index (Phi) is 5.32. The molecule has 0 saturated heterocycles. The van der Waals surface area contributed by atoms with Gasteiger partial charge in [0.2, 0.25) is 0 Å². The fraction of sp³-hybridized carbons (Fsp3) is 0.333. The summed E-state index contributed by atoms with van der Waals surface area (Å²) < 4.78 is 5.50. The highest BCUT2D eigenvalue weighted by molar-refractivity contribution is 7.99. The van der Waals surface area contributed by atoms with Gasteiger partial charge in [-0.1, -0.05) is 35.9 Å². The molecule has 0 fully saturated rings. The van der Waals surface area contributed by atoms with Crippen LogP contribution in [0.15, 0.2) is 47.4 Å². The molecule has 0 amide bonds. The van der Waals surface area contributed by atoms with Gasteiger partial charge in [-0.25, -0.2) is 0 Å². The molecule has 2 N–H and O–H groups in total. The Bertz CT molecular complexity index is 610. The number of rotatable bonds is 5. The van der Waals surface area contributed by atoms with Crippen LogP contribution in [0.3, 0.4) is 0 Å². The highest BCUT2D eigenvalue weighted by Gasteiger charge is 2.21. The lowest BCUT2D eigenvalue weighted by molar-refractivity contribution is 0.408. The maximum atomic E-state index is 6.25. The standard InChI is InChI=1S/C18H23NOS/c1-12-9-10-13(2)17(11-12)21-18(14(3)19)15-7-5-6-8-16(15)20-4/h5-11,14,18H,19H2,1-4H3. The van der Waals surface area contributed by atoms with E-state index in [2.05, 4.69) is 45.0 Å². The number of para-hydroxylation sites is 1. The third-order valence-corrected chi connectivity index (χ3v) is 5.15. The van der Waals surface area contributed by atoms with Crippen LogP contribution in [0.5, 0.6) is 5.75 Å². The number of ether oxygens (including phenoxy) is 1. The monoisotopic (exact) mass is 301 g/mol. The summed E-state index contributed by atoms with van der Waals surface area (Å²) in [5, 5.41) is 0.168. The van der Waals surface area contributed by atoms with Crippen LogP contribution < -0.4 is 10.5 Å². The van der Waals surface area contributed by atoms with Crippen LogP contribution >= 0.6 is 11.8 Å². The number of hydrogen-bond acceptors (Lipinski definition) is 3. The van der Waals surface area contributed by atoms with Gasteiger partial charge in [0.25, 0.3) is 0 Å². The van der Waals surface area contributed by atoms with E-state index in [-0.39, 0.29) is 11.3 Å². The topological polar surface area (TPSA) is 35.2 Å². The number of benzene rings is 2. The molecule has 0 saturated carbocycles. The van der Waals surface area contributed by atoms with E-state index in [1.807, 2.05) is 30.0 Å². The number of nitrogens with two attached hydrogens (primary N) is 1. The minimum Gasteiger partial charge on any atom is -0.496 e. The van der Waals surface area contributed by atoms with Gasteiger partial charge in [-0.15, -0.1) is 11.8 Å². The molecule has 2 rings (SSSR count). The van der Waals surface area contributed by atoms with Crippen molar-refractivity contribution in [1.29, 1.82) is 0 Å². The zero-order valence-electron chi connectivity index (χ0n) is 13.1. The lowest BCUT2D eigenvalue weighted by Crippen LogP contribution is -2.23. The maximum Gasteiger partial charge on any atom is 0.123 e. The summed E-state index contributed by atoms with van der Waals surface area (Å²) in [5.74, 6) is 0.901. The minimum atomic E-state index is 0.0335. The molecule has 2 unspecified atom stereocenters. The summed E-state index contributed by atoms with van der Waals surface area (Å²) in [6.07, 6.45) is 0. The van der Waals surface area contributed by atoms with Gasteiger partial charge in [0.05, 0.1) is 12.4 Å². The van der Waals surface area contributed by atoms with Crippen molar-refractivity contribution in [3.8, 4) is 5.75 Å². The quantitative estimate of drug-likeness (QED) is 0.826. The SMILES string of the molecule is COc1ccccc1C(Sc1cc(C)ccc1C)C(C)N. The van der Waals surface area contributed by atoms with E-state index in [9.17, 15) is 0 Å². The molecule has 21 heavy (non-hydrogen) atoms. The number of thioether (sulfide) groups is 1. The van der Waals surface area contributed by atoms with Crippen molar-refractivity contribution in [2.24, 2.45) is 5.73 Å². The van der Waals surface area contributed by atoms with Crippen LogP contribution in [0.1, 0.15) is 28.9 Å². The van der Waals surface area contributed by atoms with Crippen LogP contribution in [0.25, 0.3) is 0 Å². The molecule has 2 nitrogen and oxygen atoms in total. The Morgan fingerprint density at radius 3 is 2.48 bits per heavy atom. The van der Waals surface area contributed by atoms with E-state index in [1.165, 1.54) is 16.0 Å². The second kappa shape index (κ2) is 7.01. The Hall–Kier alpha value is -1.45. The zero-order valence-corrected chi connectivity index (χ0v) is 13.9. The zero-order chi connectivity index (χ0) is 15.4. The van der Waals surface area contributed by atoms with Gasteiger partial charge >= 0.3 is 0 Å². The van der Waals surface area contributed by atoms with E-state index < -0.39 is 0 Å². The van der Waals surface area contributed by atoms with Crippen molar-refractivity contribution in [3.63, 3.8) is 0 Å². The van der Waals surface area contributed by atoms with Gasteiger partial charge in [-0.2, -0.15) is 0 Å². The van der Waals surface area contributed by atoms with Gasteiger partial charge in [0.15, 0.2) is 0 Å². The highest BCUT2D eigenvalue weighted by atomic mass is 32.2. The number of methoxy groups -OCH3 is 1. The Morgan fingerprint density at radius 1 is 1.10 bits per heavy atom. The Morgan fingerprint density at radius 2 is 1.81 bits per heavy atom. The van der Waals surface area contributed by atoms with Gasteiger partial charge < -0.3 is 10.5 Å². The largest absolute Gasteiger partial charge is 0.496 e.